The van der Waals surface area contributed by atoms with E-state index in [1.807, 2.05) is 13.8 Å². The Balaban J connectivity index is 1.45. The van der Waals surface area contributed by atoms with Gasteiger partial charge >= 0.3 is 6.03 Å². The van der Waals surface area contributed by atoms with E-state index in [9.17, 15) is 9.59 Å². The lowest BCUT2D eigenvalue weighted by Gasteiger charge is -2.41. The summed E-state index contributed by atoms with van der Waals surface area (Å²) in [5.74, 6) is -0.628. The van der Waals surface area contributed by atoms with Gasteiger partial charge in [-0.05, 0) is 65.0 Å². The van der Waals surface area contributed by atoms with E-state index in [4.69, 9.17) is 16.2 Å². The number of amides is 2. The van der Waals surface area contributed by atoms with Crippen molar-refractivity contribution in [2.75, 3.05) is 5.32 Å². The first kappa shape index (κ1) is 23.0. The van der Waals surface area contributed by atoms with Crippen LogP contribution in [-0.2, 0) is 6.42 Å². The smallest absolute Gasteiger partial charge is 0.313 e. The molecule has 4 aromatic rings. The number of carbonyl (C=O) groups excluding carboxylic acids is 1. The third-order valence-electron chi connectivity index (χ3n) is 6.38. The number of rotatable bonds is 4. The molecule has 0 fully saturated rings. The van der Waals surface area contributed by atoms with Crippen LogP contribution in [0, 0.1) is 5.82 Å². The molecule has 11 heteroatoms. The van der Waals surface area contributed by atoms with Crippen LogP contribution in [0.4, 0.5) is 14.9 Å². The number of H-pyrrole nitrogens is 1. The van der Waals surface area contributed by atoms with E-state index >= 15 is 4.39 Å². The van der Waals surface area contributed by atoms with Gasteiger partial charge in [-0.3, -0.25) is 4.79 Å². The van der Waals surface area contributed by atoms with Gasteiger partial charge in [0.1, 0.15) is 16.9 Å². The van der Waals surface area contributed by atoms with E-state index in [1.54, 1.807) is 23.1 Å². The molecule has 9 nitrogen and oxygen atoms in total. The number of nitrogens with zero attached hydrogens (tertiary/aromatic N) is 4. The molecule has 0 bridgehead atoms. The van der Waals surface area contributed by atoms with Crippen molar-refractivity contribution in [3.05, 3.63) is 68.8 Å². The number of nitrogens with one attached hydrogen (secondary N) is 2. The van der Waals surface area contributed by atoms with Crippen molar-refractivity contribution in [1.82, 2.24) is 25.4 Å². The van der Waals surface area contributed by atoms with E-state index in [0.29, 0.717) is 47.1 Å². The predicted octanol–water partition coefficient (Wildman–Crippen LogP) is 5.09. The molecule has 2 N–H and O–H groups in total. The lowest BCUT2D eigenvalue weighted by molar-refractivity contribution is 0.135. The Hall–Kier alpha value is -3.79. The van der Waals surface area contributed by atoms with Gasteiger partial charge in [0, 0.05) is 17.7 Å². The predicted molar refractivity (Wildman–Crippen MR) is 129 cm³/mol. The summed E-state index contributed by atoms with van der Waals surface area (Å²) in [6.45, 7) is 3.91. The maximum atomic E-state index is 15.1. The first-order valence-corrected chi connectivity index (χ1v) is 11.7. The normalized spacial score (nSPS) is 17.4. The Morgan fingerprint density at radius 1 is 1.20 bits per heavy atom. The molecule has 0 spiro atoms. The van der Waals surface area contributed by atoms with Crippen molar-refractivity contribution < 1.29 is 13.8 Å². The molecule has 180 valence electrons. The van der Waals surface area contributed by atoms with Crippen LogP contribution in [0.5, 0.6) is 0 Å². The number of carbonyl (C=O) groups is 1. The number of hydrogen-bond donors (Lipinski definition) is 2. The Labute approximate surface area is 204 Å². The Morgan fingerprint density at radius 2 is 2.00 bits per heavy atom. The van der Waals surface area contributed by atoms with Gasteiger partial charge in [-0.1, -0.05) is 31.5 Å². The Bertz CT molecular complexity index is 1490. The second-order valence-electron chi connectivity index (χ2n) is 8.45. The molecule has 1 aliphatic rings. The molecular weight excluding hydrogens is 475 g/mol. The molecule has 0 saturated carbocycles. The van der Waals surface area contributed by atoms with Crippen LogP contribution in [0.2, 0.25) is 5.02 Å². The van der Waals surface area contributed by atoms with Crippen molar-refractivity contribution in [3.8, 4) is 11.1 Å². The van der Waals surface area contributed by atoms with Gasteiger partial charge in [0.15, 0.2) is 0 Å². The fraction of sp³-hybridized carbons (Fsp3) is 0.292. The SMILES string of the molecule is CCC1c2n[nH]c(=O)cc2C[C@H](CC)N1C(=O)Nc1cc(Cl)c(-c2ccc3nonc3c2)cc1F. The van der Waals surface area contributed by atoms with E-state index in [2.05, 4.69) is 25.8 Å². The fourth-order valence-corrected chi connectivity index (χ4v) is 4.95. The number of benzene rings is 2. The largest absolute Gasteiger partial charge is 0.322 e. The number of aromatic amines is 1. The van der Waals surface area contributed by atoms with Gasteiger partial charge in [-0.2, -0.15) is 5.10 Å². The Morgan fingerprint density at radius 3 is 2.77 bits per heavy atom. The highest BCUT2D eigenvalue weighted by atomic mass is 35.5. The van der Waals surface area contributed by atoms with Crippen LogP contribution in [0.25, 0.3) is 22.2 Å². The molecule has 35 heavy (non-hydrogen) atoms. The van der Waals surface area contributed by atoms with Crippen LogP contribution < -0.4 is 10.9 Å². The summed E-state index contributed by atoms with van der Waals surface area (Å²) < 4.78 is 19.9. The van der Waals surface area contributed by atoms with Crippen molar-refractivity contribution in [2.45, 2.75) is 45.2 Å². The van der Waals surface area contributed by atoms with Gasteiger partial charge in [-0.25, -0.2) is 18.9 Å². The number of halogens is 2. The zero-order valence-electron chi connectivity index (χ0n) is 19.0. The summed E-state index contributed by atoms with van der Waals surface area (Å²) in [5, 5.41) is 17.2. The van der Waals surface area contributed by atoms with E-state index in [-0.39, 0.29) is 28.4 Å². The Kier molecular flexibility index (Phi) is 5.98. The van der Waals surface area contributed by atoms with Crippen molar-refractivity contribution in [1.29, 1.82) is 0 Å². The van der Waals surface area contributed by atoms with Crippen molar-refractivity contribution in [3.63, 3.8) is 0 Å². The van der Waals surface area contributed by atoms with Crippen LogP contribution in [0.3, 0.4) is 0 Å². The standard InChI is InChI=1S/C24H22ClFN6O3/c1-3-14-7-13-9-22(33)28-29-23(13)21(4-2)32(14)24(34)27-19-11-16(25)15(10-17(19)26)12-5-6-18-20(8-12)31-35-30-18/h5-6,8-11,14,21H,3-4,7H2,1-2H3,(H,27,34)(H,28,33)/t14-,21?/m0/s1. The maximum Gasteiger partial charge on any atom is 0.322 e. The number of aromatic nitrogens is 4. The number of urea groups is 1. The number of hydrogen-bond acceptors (Lipinski definition) is 6. The van der Waals surface area contributed by atoms with Crippen LogP contribution in [0.15, 0.2) is 45.8 Å². The topological polar surface area (TPSA) is 117 Å². The lowest BCUT2D eigenvalue weighted by Crippen LogP contribution is -2.49. The quantitative estimate of drug-likeness (QED) is 0.406. The summed E-state index contributed by atoms with van der Waals surface area (Å²) in [5.41, 5.74) is 3.36. The minimum Gasteiger partial charge on any atom is -0.313 e. The highest BCUT2D eigenvalue weighted by molar-refractivity contribution is 6.33. The monoisotopic (exact) mass is 496 g/mol. The highest BCUT2D eigenvalue weighted by Crippen LogP contribution is 2.37. The van der Waals surface area contributed by atoms with Crippen molar-refractivity contribution in [2.24, 2.45) is 0 Å². The minimum absolute atomic E-state index is 0.0298. The number of anilines is 1. The molecule has 0 saturated heterocycles. The molecular formula is C24H22ClFN6O3. The minimum atomic E-state index is -0.628. The molecule has 5 rings (SSSR count). The zero-order valence-corrected chi connectivity index (χ0v) is 19.8. The van der Waals surface area contributed by atoms with Crippen LogP contribution in [-0.4, -0.2) is 37.5 Å². The van der Waals surface area contributed by atoms with Gasteiger partial charge < -0.3 is 10.2 Å². The van der Waals surface area contributed by atoms with E-state index < -0.39 is 11.8 Å². The van der Waals surface area contributed by atoms with Crippen molar-refractivity contribution >= 4 is 34.4 Å². The molecule has 1 aliphatic heterocycles. The molecule has 3 heterocycles. The zero-order chi connectivity index (χ0) is 24.7. The lowest BCUT2D eigenvalue weighted by atomic mass is 9.90. The third kappa shape index (κ3) is 4.14. The number of fused-ring (bicyclic) bond motifs is 2. The fourth-order valence-electron chi connectivity index (χ4n) is 4.67. The second kappa shape index (κ2) is 9.10. The summed E-state index contributed by atoms with van der Waals surface area (Å²) in [7, 11) is 0. The van der Waals surface area contributed by atoms with E-state index in [1.165, 1.54) is 18.2 Å². The first-order valence-electron chi connectivity index (χ1n) is 11.3. The summed E-state index contributed by atoms with van der Waals surface area (Å²) >= 11 is 6.49. The molecule has 2 atom stereocenters. The first-order chi connectivity index (χ1) is 16.9. The molecule has 0 radical (unpaired) electrons. The average Bonchev–Trinajstić information content (AvgIpc) is 3.32. The highest BCUT2D eigenvalue weighted by Gasteiger charge is 2.37. The summed E-state index contributed by atoms with van der Waals surface area (Å²) in [6.07, 6.45) is 1.74. The molecule has 2 aromatic carbocycles. The molecule has 2 aromatic heterocycles. The van der Waals surface area contributed by atoms with Gasteiger partial charge in [0.25, 0.3) is 5.56 Å². The molecule has 0 aliphatic carbocycles. The summed E-state index contributed by atoms with van der Waals surface area (Å²) in [4.78, 5) is 26.8. The van der Waals surface area contributed by atoms with E-state index in [0.717, 1.165) is 5.56 Å². The average molecular weight is 497 g/mol. The molecule has 2 amide bonds. The van der Waals surface area contributed by atoms with Gasteiger partial charge in [0.2, 0.25) is 0 Å². The maximum absolute atomic E-state index is 15.1. The second-order valence-corrected chi connectivity index (χ2v) is 8.86. The molecule has 1 unspecified atom stereocenters. The van der Waals surface area contributed by atoms with Crippen LogP contribution >= 0.6 is 11.6 Å². The summed E-state index contributed by atoms with van der Waals surface area (Å²) in [6, 6.07) is 8.36. The van der Waals surface area contributed by atoms with Crippen LogP contribution in [0.1, 0.15) is 44.0 Å². The third-order valence-corrected chi connectivity index (χ3v) is 6.69. The van der Waals surface area contributed by atoms with Gasteiger partial charge in [-0.15, -0.1) is 0 Å². The van der Waals surface area contributed by atoms with Gasteiger partial charge in [0.05, 0.1) is 22.4 Å².